The van der Waals surface area contributed by atoms with Crippen molar-refractivity contribution in [2.45, 2.75) is 263 Å². The second-order valence-electron chi connectivity index (χ2n) is 18.8. The smallest absolute Gasteiger partial charge is 0.335 e. The van der Waals surface area contributed by atoms with Gasteiger partial charge >= 0.3 is 23.9 Å². The molecule has 1 aliphatic heterocycles. The van der Waals surface area contributed by atoms with Crippen LogP contribution < -0.4 is 0 Å². The Morgan fingerprint density at radius 1 is 0.479 bits per heavy atom. The lowest BCUT2D eigenvalue weighted by Crippen LogP contribution is -2.61. The van der Waals surface area contributed by atoms with Gasteiger partial charge in [-0.25, -0.2) is 4.79 Å². The Balaban J connectivity index is 2.74. The van der Waals surface area contributed by atoms with E-state index in [1.165, 1.54) is 64.2 Å². The van der Waals surface area contributed by atoms with E-state index in [9.17, 15) is 34.5 Å². The van der Waals surface area contributed by atoms with Crippen molar-refractivity contribution in [1.29, 1.82) is 0 Å². The molecule has 1 aliphatic rings. The van der Waals surface area contributed by atoms with Crippen molar-refractivity contribution >= 4 is 23.9 Å². The van der Waals surface area contributed by atoms with Crippen molar-refractivity contribution in [3.63, 3.8) is 0 Å². The van der Waals surface area contributed by atoms with E-state index in [4.69, 9.17) is 23.7 Å². The van der Waals surface area contributed by atoms with Gasteiger partial charge in [0.2, 0.25) is 0 Å². The van der Waals surface area contributed by atoms with Crippen molar-refractivity contribution in [3.8, 4) is 0 Å². The normalized spacial score (nSPS) is 19.0. The van der Waals surface area contributed by atoms with Crippen LogP contribution in [-0.4, -0.2) is 89.2 Å². The van der Waals surface area contributed by atoms with Gasteiger partial charge < -0.3 is 39.0 Å². The number of carboxylic acid groups (broad SMARTS) is 1. The average Bonchev–Trinajstić information content (AvgIpc) is 3.35. The molecule has 12 nitrogen and oxygen atoms in total. The van der Waals surface area contributed by atoms with Crippen molar-refractivity contribution in [2.75, 3.05) is 13.2 Å². The largest absolute Gasteiger partial charge is 0.479 e. The zero-order chi connectivity index (χ0) is 51.8. The molecule has 0 aliphatic carbocycles. The third kappa shape index (κ3) is 37.6. The fourth-order valence-electron chi connectivity index (χ4n) is 7.97. The van der Waals surface area contributed by atoms with E-state index in [-0.39, 0.29) is 25.9 Å². The molecule has 406 valence electrons. The molecule has 1 rings (SSSR count). The first-order valence-electron chi connectivity index (χ1n) is 27.9. The number of carboxylic acids is 1. The van der Waals surface area contributed by atoms with Crippen LogP contribution >= 0.6 is 0 Å². The Morgan fingerprint density at radius 3 is 1.45 bits per heavy atom. The van der Waals surface area contributed by atoms with E-state index in [0.29, 0.717) is 25.7 Å². The molecule has 0 amide bonds. The first-order chi connectivity index (χ1) is 34.6. The summed E-state index contributed by atoms with van der Waals surface area (Å²) in [6.07, 6.45) is 46.1. The Hall–Kier alpha value is -3.84. The lowest BCUT2D eigenvalue weighted by molar-refractivity contribution is -0.301. The van der Waals surface area contributed by atoms with Crippen LogP contribution in [0.5, 0.6) is 0 Å². The molecule has 1 heterocycles. The van der Waals surface area contributed by atoms with E-state index in [2.05, 4.69) is 87.6 Å². The number of unbranched alkanes of at least 4 members (excludes halogenated alkanes) is 20. The van der Waals surface area contributed by atoms with E-state index in [0.717, 1.165) is 96.3 Å². The molecule has 12 heteroatoms. The lowest BCUT2D eigenvalue weighted by atomic mass is 9.98. The van der Waals surface area contributed by atoms with Crippen molar-refractivity contribution in [1.82, 2.24) is 0 Å². The molecule has 1 fully saturated rings. The number of hydrogen-bond donors (Lipinski definition) is 3. The minimum absolute atomic E-state index is 0.0551. The van der Waals surface area contributed by atoms with Gasteiger partial charge in [0.25, 0.3) is 0 Å². The van der Waals surface area contributed by atoms with Crippen molar-refractivity contribution in [3.05, 3.63) is 72.9 Å². The maximum Gasteiger partial charge on any atom is 0.335 e. The van der Waals surface area contributed by atoms with Gasteiger partial charge in [-0.05, 0) is 77.0 Å². The molecule has 6 atom stereocenters. The number of rotatable bonds is 46. The molecule has 0 radical (unpaired) electrons. The van der Waals surface area contributed by atoms with Crippen LogP contribution in [0, 0.1) is 0 Å². The summed E-state index contributed by atoms with van der Waals surface area (Å²) < 4.78 is 28.3. The standard InChI is InChI=1S/C59H98O12/c1-4-7-10-13-16-19-22-24-25-26-27-29-31-33-36-39-42-45-51(60)67-48-50(69-52(61)46-43-40-37-34-30-21-18-15-12-9-6-3)49-68-59-57(55(64)54(63)56(71-59)58(65)66)70-53(62)47-44-41-38-35-32-28-23-20-17-14-11-8-5-2/h7,10,15-16,18-19,24-25,27,29,33,36,50,54-57,59,63-64H,4-6,8-9,11-14,17,20-23,26,28,30-32,34-35,37-49H2,1-3H3,(H,65,66)/b10-7-,18-15-,19-16-,25-24-,29-27-,36-33-. The highest BCUT2D eigenvalue weighted by atomic mass is 16.7. The van der Waals surface area contributed by atoms with Crippen LogP contribution in [0.4, 0.5) is 0 Å². The van der Waals surface area contributed by atoms with Gasteiger partial charge in [0.1, 0.15) is 18.8 Å². The molecular weight excluding hydrogens is 901 g/mol. The highest BCUT2D eigenvalue weighted by Crippen LogP contribution is 2.26. The fourth-order valence-corrected chi connectivity index (χ4v) is 7.97. The highest BCUT2D eigenvalue weighted by molar-refractivity contribution is 5.74. The van der Waals surface area contributed by atoms with Crippen LogP contribution in [-0.2, 0) is 42.9 Å². The number of allylic oxidation sites excluding steroid dienone is 12. The molecule has 1 saturated heterocycles. The Bertz CT molecular complexity index is 1510. The monoisotopic (exact) mass is 999 g/mol. The van der Waals surface area contributed by atoms with Gasteiger partial charge in [0.15, 0.2) is 24.6 Å². The van der Waals surface area contributed by atoms with Crippen molar-refractivity contribution < 1.29 is 58.2 Å². The molecule has 0 aromatic carbocycles. The summed E-state index contributed by atoms with van der Waals surface area (Å²) in [7, 11) is 0. The summed E-state index contributed by atoms with van der Waals surface area (Å²) in [5.41, 5.74) is 0. The molecule has 0 bridgehead atoms. The molecule has 0 spiro atoms. The number of aliphatic hydroxyl groups excluding tert-OH is 2. The molecule has 3 N–H and O–H groups in total. The van der Waals surface area contributed by atoms with Gasteiger partial charge in [0.05, 0.1) is 6.61 Å². The quantitative estimate of drug-likeness (QED) is 0.0228. The number of hydrogen-bond acceptors (Lipinski definition) is 11. The van der Waals surface area contributed by atoms with Crippen molar-refractivity contribution in [2.24, 2.45) is 0 Å². The third-order valence-electron chi connectivity index (χ3n) is 12.3. The zero-order valence-corrected chi connectivity index (χ0v) is 44.4. The van der Waals surface area contributed by atoms with E-state index >= 15 is 0 Å². The second kappa shape index (κ2) is 47.2. The van der Waals surface area contributed by atoms with Crippen LogP contribution in [0.1, 0.15) is 226 Å². The van der Waals surface area contributed by atoms with Gasteiger partial charge in [-0.3, -0.25) is 14.4 Å². The summed E-state index contributed by atoms with van der Waals surface area (Å²) in [6.45, 7) is 5.76. The van der Waals surface area contributed by atoms with Gasteiger partial charge in [-0.2, -0.15) is 0 Å². The molecule has 6 unspecified atom stereocenters. The summed E-state index contributed by atoms with van der Waals surface area (Å²) in [4.78, 5) is 50.9. The number of aliphatic carboxylic acids is 1. The summed E-state index contributed by atoms with van der Waals surface area (Å²) in [5, 5.41) is 31.4. The number of esters is 3. The number of ether oxygens (including phenoxy) is 5. The van der Waals surface area contributed by atoms with Gasteiger partial charge in [-0.15, -0.1) is 0 Å². The highest BCUT2D eigenvalue weighted by Gasteiger charge is 2.50. The van der Waals surface area contributed by atoms with E-state index in [1.807, 2.05) is 6.08 Å². The predicted octanol–water partition coefficient (Wildman–Crippen LogP) is 13.8. The minimum Gasteiger partial charge on any atom is -0.479 e. The first-order valence-corrected chi connectivity index (χ1v) is 27.9. The SMILES string of the molecule is CC/C=C\C/C=C\C/C=C\C/C=C\C/C=C\CCCC(=O)OCC(COC1OC(C(=O)O)C(O)C(O)C1OC(=O)CCCCCCCCCCCCCCC)OC(=O)CCCCCCC/C=C\CCCC. The molecule has 0 aromatic rings. The topological polar surface area (TPSA) is 175 Å². The Kier molecular flexibility index (Phi) is 43.3. The Labute approximate surface area is 429 Å². The van der Waals surface area contributed by atoms with Crippen LogP contribution in [0.3, 0.4) is 0 Å². The van der Waals surface area contributed by atoms with E-state index < -0.39 is 67.3 Å². The number of carbonyl (C=O) groups is 4. The Morgan fingerprint density at radius 2 is 0.915 bits per heavy atom. The molecule has 0 aromatic heterocycles. The summed E-state index contributed by atoms with van der Waals surface area (Å²) in [5.74, 6) is -3.21. The van der Waals surface area contributed by atoms with E-state index in [1.54, 1.807) is 0 Å². The van der Waals surface area contributed by atoms with Gasteiger partial charge in [-0.1, -0.05) is 203 Å². The fraction of sp³-hybridized carbons (Fsp3) is 0.729. The number of carbonyl (C=O) groups excluding carboxylic acids is 3. The maximum atomic E-state index is 13.1. The first kappa shape index (κ1) is 65.2. The summed E-state index contributed by atoms with van der Waals surface area (Å²) >= 11 is 0. The van der Waals surface area contributed by atoms with Crippen LogP contribution in [0.15, 0.2) is 72.9 Å². The molecule has 71 heavy (non-hydrogen) atoms. The van der Waals surface area contributed by atoms with Gasteiger partial charge in [0, 0.05) is 19.3 Å². The number of aliphatic hydroxyl groups is 2. The third-order valence-corrected chi connectivity index (χ3v) is 12.3. The predicted molar refractivity (Wildman–Crippen MR) is 285 cm³/mol. The molecule has 0 saturated carbocycles. The summed E-state index contributed by atoms with van der Waals surface area (Å²) in [6, 6.07) is 0. The maximum absolute atomic E-state index is 13.1. The average molecular weight is 999 g/mol. The lowest BCUT2D eigenvalue weighted by Gasteiger charge is -2.40. The van der Waals surface area contributed by atoms with Crippen LogP contribution in [0.2, 0.25) is 0 Å². The second-order valence-corrected chi connectivity index (χ2v) is 18.8. The van der Waals surface area contributed by atoms with Crippen LogP contribution in [0.25, 0.3) is 0 Å². The molecular formula is C59H98O12. The zero-order valence-electron chi connectivity index (χ0n) is 44.4. The minimum atomic E-state index is -1.91.